The molecule has 21 heavy (non-hydrogen) atoms. The second-order valence-electron chi connectivity index (χ2n) is 4.84. The first-order valence-electron chi connectivity index (χ1n) is 6.93. The van der Waals surface area contributed by atoms with Crippen LogP contribution in [0.15, 0.2) is 42.5 Å². The van der Waals surface area contributed by atoms with Crippen molar-refractivity contribution in [2.75, 3.05) is 18.2 Å². The van der Waals surface area contributed by atoms with Gasteiger partial charge >= 0.3 is 0 Å². The van der Waals surface area contributed by atoms with Crippen LogP contribution in [0.4, 0.5) is 11.4 Å². The third kappa shape index (κ3) is 3.99. The third-order valence-corrected chi connectivity index (χ3v) is 3.33. The van der Waals surface area contributed by atoms with Crippen molar-refractivity contribution in [1.82, 2.24) is 0 Å². The Hall–Kier alpha value is -2.49. The Balaban J connectivity index is 1.99. The molecule has 0 aliphatic rings. The minimum Gasteiger partial charge on any atom is -0.497 e. The molecule has 0 heterocycles. The Bertz CT molecular complexity index is 621. The van der Waals surface area contributed by atoms with E-state index < -0.39 is 0 Å². The molecule has 0 atom stereocenters. The standard InChI is InChI=1S/C17H20N2O2/c1-3-13-6-7-14(11-16(13)18)19-17(20)10-12-4-8-15(21-2)9-5-12/h4-9,11H,3,10,18H2,1-2H3,(H,19,20). The highest BCUT2D eigenvalue weighted by molar-refractivity contribution is 5.92. The summed E-state index contributed by atoms with van der Waals surface area (Å²) < 4.78 is 5.09. The van der Waals surface area contributed by atoms with Crippen molar-refractivity contribution in [2.24, 2.45) is 0 Å². The predicted octanol–water partition coefficient (Wildman–Crippen LogP) is 3.02. The second-order valence-corrected chi connectivity index (χ2v) is 4.84. The maximum absolute atomic E-state index is 12.0. The molecule has 0 fully saturated rings. The summed E-state index contributed by atoms with van der Waals surface area (Å²) in [5.41, 5.74) is 9.38. The van der Waals surface area contributed by atoms with Crippen LogP contribution in [0.3, 0.4) is 0 Å². The zero-order valence-electron chi connectivity index (χ0n) is 12.3. The van der Waals surface area contributed by atoms with Crippen LogP contribution in [-0.4, -0.2) is 13.0 Å². The quantitative estimate of drug-likeness (QED) is 0.829. The summed E-state index contributed by atoms with van der Waals surface area (Å²) in [6.07, 6.45) is 1.20. The highest BCUT2D eigenvalue weighted by Gasteiger charge is 2.06. The highest BCUT2D eigenvalue weighted by atomic mass is 16.5. The van der Waals surface area contributed by atoms with Gasteiger partial charge in [-0.3, -0.25) is 4.79 Å². The van der Waals surface area contributed by atoms with Crippen LogP contribution in [0, 0.1) is 0 Å². The number of aryl methyl sites for hydroxylation is 1. The molecular weight excluding hydrogens is 264 g/mol. The Kier molecular flexibility index (Phi) is 4.82. The second kappa shape index (κ2) is 6.79. The summed E-state index contributed by atoms with van der Waals surface area (Å²) in [6.45, 7) is 2.05. The predicted molar refractivity (Wildman–Crippen MR) is 85.6 cm³/mol. The Morgan fingerprint density at radius 1 is 1.19 bits per heavy atom. The summed E-state index contributed by atoms with van der Waals surface area (Å²) in [5.74, 6) is 0.714. The monoisotopic (exact) mass is 284 g/mol. The summed E-state index contributed by atoms with van der Waals surface area (Å²) >= 11 is 0. The molecule has 2 rings (SSSR count). The number of methoxy groups -OCH3 is 1. The first-order valence-corrected chi connectivity index (χ1v) is 6.93. The van der Waals surface area contributed by atoms with Gasteiger partial charge in [0.2, 0.25) is 5.91 Å². The lowest BCUT2D eigenvalue weighted by Crippen LogP contribution is -2.14. The number of benzene rings is 2. The Morgan fingerprint density at radius 2 is 1.90 bits per heavy atom. The largest absolute Gasteiger partial charge is 0.497 e. The molecule has 0 saturated heterocycles. The van der Waals surface area contributed by atoms with Crippen molar-refractivity contribution < 1.29 is 9.53 Å². The molecule has 0 unspecified atom stereocenters. The number of rotatable bonds is 5. The van der Waals surface area contributed by atoms with E-state index in [2.05, 4.69) is 5.32 Å². The lowest BCUT2D eigenvalue weighted by Gasteiger charge is -2.09. The van der Waals surface area contributed by atoms with Crippen LogP contribution in [0.1, 0.15) is 18.1 Å². The first kappa shape index (κ1) is 14.9. The molecule has 0 aliphatic carbocycles. The lowest BCUT2D eigenvalue weighted by molar-refractivity contribution is -0.115. The molecule has 3 N–H and O–H groups in total. The number of carbonyl (C=O) groups is 1. The number of carbonyl (C=O) groups excluding carboxylic acids is 1. The van der Waals surface area contributed by atoms with E-state index in [-0.39, 0.29) is 5.91 Å². The third-order valence-electron chi connectivity index (χ3n) is 3.33. The van der Waals surface area contributed by atoms with Gasteiger partial charge in [-0.2, -0.15) is 0 Å². The molecule has 1 amide bonds. The topological polar surface area (TPSA) is 64.3 Å². The lowest BCUT2D eigenvalue weighted by atomic mass is 10.1. The van der Waals surface area contributed by atoms with Gasteiger partial charge in [-0.05, 0) is 41.8 Å². The minimum atomic E-state index is -0.0659. The van der Waals surface area contributed by atoms with Crippen LogP contribution in [0.5, 0.6) is 5.75 Å². The normalized spacial score (nSPS) is 10.2. The minimum absolute atomic E-state index is 0.0659. The maximum atomic E-state index is 12.0. The zero-order valence-corrected chi connectivity index (χ0v) is 12.3. The number of nitrogens with one attached hydrogen (secondary N) is 1. The molecule has 0 spiro atoms. The van der Waals surface area contributed by atoms with Gasteiger partial charge in [0.15, 0.2) is 0 Å². The number of hydrogen-bond donors (Lipinski definition) is 2. The van der Waals surface area contributed by atoms with E-state index in [9.17, 15) is 4.79 Å². The molecule has 110 valence electrons. The maximum Gasteiger partial charge on any atom is 0.228 e. The van der Waals surface area contributed by atoms with Crippen molar-refractivity contribution in [2.45, 2.75) is 19.8 Å². The van der Waals surface area contributed by atoms with E-state index in [0.717, 1.165) is 29.0 Å². The fourth-order valence-corrected chi connectivity index (χ4v) is 2.13. The van der Waals surface area contributed by atoms with Gasteiger partial charge in [-0.25, -0.2) is 0 Å². The van der Waals surface area contributed by atoms with Gasteiger partial charge in [-0.1, -0.05) is 25.1 Å². The van der Waals surface area contributed by atoms with E-state index in [1.54, 1.807) is 13.2 Å². The molecule has 4 heteroatoms. The number of nitrogen functional groups attached to an aromatic ring is 1. The number of ether oxygens (including phenoxy) is 1. The van der Waals surface area contributed by atoms with Crippen LogP contribution in [0.2, 0.25) is 0 Å². The molecule has 0 aliphatic heterocycles. The molecule has 0 radical (unpaired) electrons. The Labute approximate surface area is 124 Å². The number of hydrogen-bond acceptors (Lipinski definition) is 3. The molecule has 2 aromatic carbocycles. The number of amides is 1. The van der Waals surface area contributed by atoms with Crippen molar-refractivity contribution in [3.05, 3.63) is 53.6 Å². The van der Waals surface area contributed by atoms with Gasteiger partial charge in [0.05, 0.1) is 13.5 Å². The van der Waals surface area contributed by atoms with Crippen LogP contribution in [0.25, 0.3) is 0 Å². The van der Waals surface area contributed by atoms with Crippen molar-refractivity contribution in [1.29, 1.82) is 0 Å². The van der Waals surface area contributed by atoms with E-state index in [4.69, 9.17) is 10.5 Å². The molecule has 0 saturated carbocycles. The van der Waals surface area contributed by atoms with Gasteiger partial charge in [0, 0.05) is 11.4 Å². The van der Waals surface area contributed by atoms with Gasteiger partial charge < -0.3 is 15.8 Å². The summed E-state index contributed by atoms with van der Waals surface area (Å²) in [5, 5.41) is 2.86. The average Bonchev–Trinajstić information content (AvgIpc) is 2.48. The molecule has 0 bridgehead atoms. The molecule has 0 aromatic heterocycles. The Morgan fingerprint density at radius 3 is 2.48 bits per heavy atom. The van der Waals surface area contributed by atoms with Gasteiger partial charge in [0.1, 0.15) is 5.75 Å². The van der Waals surface area contributed by atoms with E-state index in [0.29, 0.717) is 12.1 Å². The SMILES string of the molecule is CCc1ccc(NC(=O)Cc2ccc(OC)cc2)cc1N. The molecule has 2 aromatic rings. The number of nitrogens with two attached hydrogens (primary N) is 1. The fourth-order valence-electron chi connectivity index (χ4n) is 2.13. The smallest absolute Gasteiger partial charge is 0.228 e. The van der Waals surface area contributed by atoms with E-state index >= 15 is 0 Å². The van der Waals surface area contributed by atoms with Crippen molar-refractivity contribution in [3.8, 4) is 5.75 Å². The van der Waals surface area contributed by atoms with E-state index in [1.807, 2.05) is 43.3 Å². The average molecular weight is 284 g/mol. The van der Waals surface area contributed by atoms with E-state index in [1.165, 1.54) is 0 Å². The summed E-state index contributed by atoms with van der Waals surface area (Å²) in [7, 11) is 1.62. The molecular formula is C17H20N2O2. The first-order chi connectivity index (χ1) is 10.1. The van der Waals surface area contributed by atoms with Gasteiger partial charge in [0.25, 0.3) is 0 Å². The van der Waals surface area contributed by atoms with Crippen molar-refractivity contribution in [3.63, 3.8) is 0 Å². The molecule has 4 nitrogen and oxygen atoms in total. The zero-order chi connectivity index (χ0) is 15.2. The van der Waals surface area contributed by atoms with Crippen LogP contribution < -0.4 is 15.8 Å². The van der Waals surface area contributed by atoms with Gasteiger partial charge in [-0.15, -0.1) is 0 Å². The van der Waals surface area contributed by atoms with Crippen LogP contribution >= 0.6 is 0 Å². The fraction of sp³-hybridized carbons (Fsp3) is 0.235. The highest BCUT2D eigenvalue weighted by Crippen LogP contribution is 2.19. The summed E-state index contributed by atoms with van der Waals surface area (Å²) in [6, 6.07) is 13.1. The van der Waals surface area contributed by atoms with Crippen LogP contribution in [-0.2, 0) is 17.6 Å². The summed E-state index contributed by atoms with van der Waals surface area (Å²) in [4.78, 5) is 12.0. The number of anilines is 2. The van der Waals surface area contributed by atoms with Crippen molar-refractivity contribution >= 4 is 17.3 Å².